The van der Waals surface area contributed by atoms with Gasteiger partial charge in [0.25, 0.3) is 0 Å². The van der Waals surface area contributed by atoms with Crippen LogP contribution in [0.3, 0.4) is 0 Å². The van der Waals surface area contributed by atoms with Crippen LogP contribution in [0.25, 0.3) is 0 Å². The topological polar surface area (TPSA) is 103 Å². The van der Waals surface area contributed by atoms with Gasteiger partial charge < -0.3 is 14.5 Å². The van der Waals surface area contributed by atoms with E-state index < -0.39 is 24.0 Å². The molecule has 4 aliphatic rings. The predicted octanol–water partition coefficient (Wildman–Crippen LogP) is 1.36. The zero-order valence-corrected chi connectivity index (χ0v) is 21.0. The quantitative estimate of drug-likeness (QED) is 0.572. The fourth-order valence-corrected chi connectivity index (χ4v) is 6.13. The maximum absolute atomic E-state index is 13.7. The maximum Gasteiger partial charge on any atom is 0.402 e. The van der Waals surface area contributed by atoms with E-state index in [1.165, 1.54) is 0 Å². The average Bonchev–Trinajstić information content (AvgIpc) is 3.53. The van der Waals surface area contributed by atoms with Crippen molar-refractivity contribution in [2.75, 3.05) is 44.2 Å². The Bertz CT molecular complexity index is 977. The highest BCUT2D eigenvalue weighted by molar-refractivity contribution is 6.30. The van der Waals surface area contributed by atoms with Crippen LogP contribution in [0.4, 0.5) is 19.1 Å². The van der Waals surface area contributed by atoms with Crippen molar-refractivity contribution in [1.82, 2.24) is 30.6 Å². The molecule has 0 aliphatic carbocycles. The molecule has 4 fully saturated rings. The van der Waals surface area contributed by atoms with Crippen LogP contribution in [-0.4, -0.2) is 101 Å². The van der Waals surface area contributed by atoms with Crippen LogP contribution < -0.4 is 15.8 Å². The van der Waals surface area contributed by atoms with Crippen LogP contribution in [0.5, 0.6) is 0 Å². The van der Waals surface area contributed by atoms with Crippen LogP contribution >= 0.6 is 11.6 Å². The number of amides is 2. The van der Waals surface area contributed by atoms with Gasteiger partial charge in [-0.25, -0.2) is 15.4 Å². The number of piperazine rings is 1. The number of aromatic nitrogens is 2. The van der Waals surface area contributed by atoms with Crippen molar-refractivity contribution in [3.8, 4) is 0 Å². The van der Waals surface area contributed by atoms with Crippen molar-refractivity contribution in [1.29, 1.82) is 0 Å². The van der Waals surface area contributed by atoms with Crippen molar-refractivity contribution in [3.05, 3.63) is 17.4 Å². The Hall–Kier alpha value is -2.22. The van der Waals surface area contributed by atoms with Gasteiger partial charge in [0.1, 0.15) is 0 Å². The SMILES string of the molecule is O=C1NNCC(N2CCC[C@H]2[C@@H]2CC[C@@H](CC(=O)N3CCN(c4ncc(Cl)cn4)CC3)O2)C1C(F)(F)F. The molecule has 5 atom stereocenters. The van der Waals surface area contributed by atoms with E-state index in [1.807, 2.05) is 9.80 Å². The lowest BCUT2D eigenvalue weighted by atomic mass is 9.93. The molecule has 0 bridgehead atoms. The Morgan fingerprint density at radius 3 is 2.51 bits per heavy atom. The Balaban J connectivity index is 1.14. The number of nitrogens with one attached hydrogen (secondary N) is 2. The summed E-state index contributed by atoms with van der Waals surface area (Å²) in [5.41, 5.74) is 4.74. The molecular weight excluding hydrogens is 515 g/mol. The molecule has 4 aliphatic heterocycles. The summed E-state index contributed by atoms with van der Waals surface area (Å²) >= 11 is 5.85. The molecule has 5 rings (SSSR count). The van der Waals surface area contributed by atoms with E-state index in [0.717, 1.165) is 6.42 Å². The van der Waals surface area contributed by atoms with Gasteiger partial charge in [-0.2, -0.15) is 13.2 Å². The molecule has 14 heteroatoms. The first kappa shape index (κ1) is 26.4. The van der Waals surface area contributed by atoms with Gasteiger partial charge in [0.15, 0.2) is 5.92 Å². The summed E-state index contributed by atoms with van der Waals surface area (Å²) in [7, 11) is 0. The lowest BCUT2D eigenvalue weighted by Gasteiger charge is -2.42. The molecule has 2 amide bonds. The average molecular weight is 546 g/mol. The molecular formula is C23H31ClF3N7O3. The summed E-state index contributed by atoms with van der Waals surface area (Å²) in [6.07, 6.45) is 1.03. The third-order valence-electron chi connectivity index (χ3n) is 7.80. The molecule has 0 spiro atoms. The summed E-state index contributed by atoms with van der Waals surface area (Å²) < 4.78 is 47.4. The van der Waals surface area contributed by atoms with Crippen molar-refractivity contribution in [2.24, 2.45) is 5.92 Å². The number of nitrogens with zero attached hydrogens (tertiary/aromatic N) is 5. The molecule has 0 aromatic carbocycles. The molecule has 4 saturated heterocycles. The van der Waals surface area contributed by atoms with Crippen molar-refractivity contribution >= 4 is 29.4 Å². The van der Waals surface area contributed by atoms with Gasteiger partial charge in [0, 0.05) is 44.8 Å². The number of alkyl halides is 3. The second-order valence-electron chi connectivity index (χ2n) is 10.1. The third-order valence-corrected chi connectivity index (χ3v) is 8.00. The smallest absolute Gasteiger partial charge is 0.373 e. The Morgan fingerprint density at radius 2 is 1.81 bits per heavy atom. The third kappa shape index (κ3) is 5.79. The van der Waals surface area contributed by atoms with Crippen molar-refractivity contribution in [2.45, 2.75) is 62.6 Å². The normalized spacial score (nSPS) is 31.6. The molecule has 2 N–H and O–H groups in total. The standard InChI is InChI=1S/C23H31ClF3N7O3/c24-14-11-28-22(29-12-14)33-8-6-32(7-9-33)19(35)10-15-3-4-18(37-15)16-2-1-5-34(16)17-13-30-31-21(36)20(17)23(25,26)27/h11-12,15-18,20,30H,1-10,13H2,(H,31,36)/t15-,16-,17?,18-,20?/m0/s1. The van der Waals surface area contributed by atoms with E-state index in [1.54, 1.807) is 17.3 Å². The molecule has 10 nitrogen and oxygen atoms in total. The lowest BCUT2D eigenvalue weighted by Crippen LogP contribution is -2.65. The minimum atomic E-state index is -4.63. The van der Waals surface area contributed by atoms with Gasteiger partial charge in [-0.3, -0.25) is 19.9 Å². The summed E-state index contributed by atoms with van der Waals surface area (Å²) in [5, 5.41) is 0.467. The second kappa shape index (κ2) is 10.9. The highest BCUT2D eigenvalue weighted by Gasteiger charge is 2.55. The summed E-state index contributed by atoms with van der Waals surface area (Å²) in [4.78, 5) is 39.1. The molecule has 5 heterocycles. The summed E-state index contributed by atoms with van der Waals surface area (Å²) in [6.45, 7) is 2.83. The minimum Gasteiger partial charge on any atom is -0.373 e. The first-order valence-electron chi connectivity index (χ1n) is 12.7. The van der Waals surface area contributed by atoms with Gasteiger partial charge in [0.2, 0.25) is 17.8 Å². The number of halogens is 4. The highest BCUT2D eigenvalue weighted by Crippen LogP contribution is 2.38. The Labute approximate surface area is 217 Å². The monoisotopic (exact) mass is 545 g/mol. The maximum atomic E-state index is 13.7. The number of carbonyl (C=O) groups is 2. The number of hydrogen-bond acceptors (Lipinski definition) is 8. The predicted molar refractivity (Wildman–Crippen MR) is 128 cm³/mol. The van der Waals surface area contributed by atoms with Gasteiger partial charge >= 0.3 is 6.18 Å². The van der Waals surface area contributed by atoms with E-state index in [2.05, 4.69) is 20.8 Å². The van der Waals surface area contributed by atoms with Crippen molar-refractivity contribution in [3.63, 3.8) is 0 Å². The van der Waals surface area contributed by atoms with E-state index in [0.29, 0.717) is 63.0 Å². The molecule has 0 radical (unpaired) electrons. The molecule has 2 unspecified atom stereocenters. The zero-order chi connectivity index (χ0) is 26.2. The molecule has 0 saturated carbocycles. The number of rotatable bonds is 5. The lowest BCUT2D eigenvalue weighted by molar-refractivity contribution is -0.202. The number of hydrazine groups is 1. The number of likely N-dealkylation sites (tertiary alicyclic amines) is 1. The second-order valence-corrected chi connectivity index (χ2v) is 10.5. The van der Waals surface area contributed by atoms with Crippen LogP contribution in [-0.2, 0) is 14.3 Å². The zero-order valence-electron chi connectivity index (χ0n) is 20.3. The van der Waals surface area contributed by atoms with E-state index in [4.69, 9.17) is 16.3 Å². The summed E-state index contributed by atoms with van der Waals surface area (Å²) in [5.74, 6) is -2.54. The Kier molecular flexibility index (Phi) is 7.75. The van der Waals surface area contributed by atoms with Crippen LogP contribution in [0.15, 0.2) is 12.4 Å². The highest BCUT2D eigenvalue weighted by atomic mass is 35.5. The first-order chi connectivity index (χ1) is 17.7. The number of carbonyl (C=O) groups excluding carboxylic acids is 2. The first-order valence-corrected chi connectivity index (χ1v) is 13.1. The van der Waals surface area contributed by atoms with Gasteiger partial charge in [-0.05, 0) is 32.2 Å². The number of hydrogen-bond donors (Lipinski definition) is 2. The summed E-state index contributed by atoms with van der Waals surface area (Å²) in [6, 6.07) is -1.18. The Morgan fingerprint density at radius 1 is 1.08 bits per heavy atom. The largest absolute Gasteiger partial charge is 0.402 e. The minimum absolute atomic E-state index is 0.0101. The molecule has 1 aromatic rings. The van der Waals surface area contributed by atoms with Gasteiger partial charge in [-0.1, -0.05) is 11.6 Å². The van der Waals surface area contributed by atoms with Crippen LogP contribution in [0.1, 0.15) is 32.1 Å². The fraction of sp³-hybridized carbons (Fsp3) is 0.739. The number of ether oxygens (including phenoxy) is 1. The van der Waals surface area contributed by atoms with Crippen molar-refractivity contribution < 1.29 is 27.5 Å². The molecule has 204 valence electrons. The molecule has 1 aromatic heterocycles. The molecule has 37 heavy (non-hydrogen) atoms. The van der Waals surface area contributed by atoms with Crippen LogP contribution in [0.2, 0.25) is 5.02 Å². The van der Waals surface area contributed by atoms with Gasteiger partial charge in [-0.15, -0.1) is 0 Å². The van der Waals surface area contributed by atoms with E-state index >= 15 is 0 Å². The van der Waals surface area contributed by atoms with Crippen LogP contribution in [0, 0.1) is 5.92 Å². The number of anilines is 1. The van der Waals surface area contributed by atoms with Gasteiger partial charge in [0.05, 0.1) is 36.0 Å². The van der Waals surface area contributed by atoms with E-state index in [-0.39, 0.29) is 37.1 Å². The van der Waals surface area contributed by atoms with E-state index in [9.17, 15) is 22.8 Å². The fourth-order valence-electron chi connectivity index (χ4n) is 6.03.